The Morgan fingerprint density at radius 3 is 2.45 bits per heavy atom. The van der Waals surface area contributed by atoms with E-state index in [1.807, 2.05) is 0 Å². The molecule has 1 saturated carbocycles. The molecule has 2 heteroatoms. The second-order valence-corrected chi connectivity index (χ2v) is 3.35. The fourth-order valence-electron chi connectivity index (χ4n) is 1.55. The Hall–Kier alpha value is -0.660. The van der Waals surface area contributed by atoms with Gasteiger partial charge in [-0.05, 0) is 31.6 Å². The van der Waals surface area contributed by atoms with Crippen molar-refractivity contribution < 1.29 is 4.79 Å². The predicted molar refractivity (Wildman–Crippen MR) is 46.0 cm³/mol. The lowest BCUT2D eigenvalue weighted by molar-refractivity contribution is -0.102. The number of carbonyl (C=O) groups excluding carboxylic acids is 1. The van der Waals surface area contributed by atoms with E-state index in [-0.39, 0.29) is 0 Å². The zero-order valence-electron chi connectivity index (χ0n) is 6.99. The molecule has 0 saturated heterocycles. The van der Waals surface area contributed by atoms with Crippen molar-refractivity contribution in [3.63, 3.8) is 0 Å². The van der Waals surface area contributed by atoms with E-state index < -0.39 is 0 Å². The molecule has 1 rings (SSSR count). The maximum Gasteiger partial charge on any atom is 0.160 e. The van der Waals surface area contributed by atoms with Gasteiger partial charge in [0, 0.05) is 0 Å². The van der Waals surface area contributed by atoms with Crippen molar-refractivity contribution in [3.05, 3.63) is 0 Å². The molecule has 11 heavy (non-hydrogen) atoms. The van der Waals surface area contributed by atoms with E-state index in [1.54, 1.807) is 0 Å². The largest absolute Gasteiger partial charge is 0.297 e. The Kier molecular flexibility index (Phi) is 3.27. The Labute approximate surface area is 67.7 Å². The molecule has 0 bridgehead atoms. The van der Waals surface area contributed by atoms with Gasteiger partial charge in [-0.1, -0.05) is 6.92 Å². The molecule has 1 fully saturated rings. The van der Waals surface area contributed by atoms with Crippen LogP contribution in [0.25, 0.3) is 0 Å². The molecule has 0 heterocycles. The first-order valence-corrected chi connectivity index (χ1v) is 4.30. The number of rotatable bonds is 2. The maximum atomic E-state index is 9.96. The number of nitrogens with zero attached hydrogens (tertiary/aromatic N) is 1. The minimum atomic E-state index is 0.427. The van der Waals surface area contributed by atoms with Crippen LogP contribution in [0.3, 0.4) is 0 Å². The fourth-order valence-corrected chi connectivity index (χ4v) is 1.55. The van der Waals surface area contributed by atoms with Crippen molar-refractivity contribution in [2.75, 3.05) is 0 Å². The van der Waals surface area contributed by atoms with Crippen molar-refractivity contribution >= 4 is 12.5 Å². The summed E-state index contributed by atoms with van der Waals surface area (Å²) < 4.78 is 0. The van der Waals surface area contributed by atoms with Gasteiger partial charge < -0.3 is 0 Å². The lowest BCUT2D eigenvalue weighted by atomic mass is 9.88. The Morgan fingerprint density at radius 1 is 1.27 bits per heavy atom. The highest BCUT2D eigenvalue weighted by molar-refractivity contribution is 6.12. The van der Waals surface area contributed by atoms with Crippen LogP contribution in [0, 0.1) is 5.92 Å². The average Bonchev–Trinajstić information content (AvgIpc) is 2.04. The molecule has 0 spiro atoms. The molecule has 0 radical (unpaired) electrons. The normalized spacial score (nSPS) is 32.5. The number of aldehydes is 1. The van der Waals surface area contributed by atoms with E-state index in [1.165, 1.54) is 19.1 Å². The highest BCUT2D eigenvalue weighted by Crippen LogP contribution is 2.24. The first kappa shape index (κ1) is 8.44. The monoisotopic (exact) mass is 153 g/mol. The van der Waals surface area contributed by atoms with Crippen molar-refractivity contribution in [1.82, 2.24) is 0 Å². The topological polar surface area (TPSA) is 29.4 Å². The molecular weight excluding hydrogens is 138 g/mol. The van der Waals surface area contributed by atoms with Gasteiger partial charge in [-0.2, -0.15) is 0 Å². The summed E-state index contributed by atoms with van der Waals surface area (Å²) in [5.74, 6) is 0.859. The van der Waals surface area contributed by atoms with Crippen LogP contribution in [-0.4, -0.2) is 18.5 Å². The van der Waals surface area contributed by atoms with Crippen LogP contribution in [0.15, 0.2) is 4.99 Å². The third-order valence-electron chi connectivity index (χ3n) is 2.34. The summed E-state index contributed by atoms with van der Waals surface area (Å²) in [6, 6.07) is 0.427. The first-order valence-electron chi connectivity index (χ1n) is 4.30. The molecule has 0 aromatic carbocycles. The molecule has 1 aliphatic carbocycles. The van der Waals surface area contributed by atoms with E-state index in [2.05, 4.69) is 11.9 Å². The summed E-state index contributed by atoms with van der Waals surface area (Å²) in [6.45, 7) is 2.28. The minimum Gasteiger partial charge on any atom is -0.297 e. The third-order valence-corrected chi connectivity index (χ3v) is 2.34. The number of hydrogen-bond donors (Lipinski definition) is 0. The summed E-state index contributed by atoms with van der Waals surface area (Å²) in [4.78, 5) is 14.1. The zero-order chi connectivity index (χ0) is 8.10. The fraction of sp³-hybridized carbons (Fsp3) is 0.778. The first-order chi connectivity index (χ1) is 5.33. The van der Waals surface area contributed by atoms with E-state index in [0.29, 0.717) is 6.04 Å². The maximum absolute atomic E-state index is 9.96. The Balaban J connectivity index is 2.27. The smallest absolute Gasteiger partial charge is 0.160 e. The second kappa shape index (κ2) is 4.27. The van der Waals surface area contributed by atoms with Crippen molar-refractivity contribution in [2.24, 2.45) is 10.9 Å². The molecular formula is C9H15NO. The lowest BCUT2D eigenvalue weighted by Gasteiger charge is -2.22. The van der Waals surface area contributed by atoms with Gasteiger partial charge in [-0.3, -0.25) is 9.79 Å². The summed E-state index contributed by atoms with van der Waals surface area (Å²) in [5, 5.41) is 0. The summed E-state index contributed by atoms with van der Waals surface area (Å²) in [7, 11) is 0. The highest BCUT2D eigenvalue weighted by atomic mass is 16.1. The van der Waals surface area contributed by atoms with Crippen molar-refractivity contribution in [2.45, 2.75) is 38.6 Å². The van der Waals surface area contributed by atoms with E-state index in [0.717, 1.165) is 25.0 Å². The number of aliphatic imine (C=N–C) groups is 1. The molecule has 0 aromatic rings. The molecule has 0 aliphatic heterocycles. The van der Waals surface area contributed by atoms with E-state index >= 15 is 0 Å². The van der Waals surface area contributed by atoms with Crippen LogP contribution < -0.4 is 0 Å². The average molecular weight is 153 g/mol. The number of carbonyl (C=O) groups is 1. The van der Waals surface area contributed by atoms with Crippen LogP contribution in [-0.2, 0) is 4.79 Å². The molecule has 0 atom stereocenters. The van der Waals surface area contributed by atoms with Gasteiger partial charge in [-0.25, -0.2) is 0 Å². The van der Waals surface area contributed by atoms with Crippen molar-refractivity contribution in [1.29, 1.82) is 0 Å². The molecule has 62 valence electrons. The molecule has 1 aliphatic rings. The second-order valence-electron chi connectivity index (χ2n) is 3.35. The quantitative estimate of drug-likeness (QED) is 0.439. The van der Waals surface area contributed by atoms with Gasteiger partial charge in [0.2, 0.25) is 0 Å². The summed E-state index contributed by atoms with van der Waals surface area (Å²) in [5.41, 5.74) is 0. The van der Waals surface area contributed by atoms with Gasteiger partial charge in [0.25, 0.3) is 0 Å². The molecule has 2 nitrogen and oxygen atoms in total. The van der Waals surface area contributed by atoms with Crippen LogP contribution in [0.5, 0.6) is 0 Å². The lowest BCUT2D eigenvalue weighted by Crippen LogP contribution is -2.15. The van der Waals surface area contributed by atoms with Crippen LogP contribution in [0.2, 0.25) is 0 Å². The van der Waals surface area contributed by atoms with E-state index in [4.69, 9.17) is 0 Å². The van der Waals surface area contributed by atoms with Gasteiger partial charge in [0.1, 0.15) is 0 Å². The van der Waals surface area contributed by atoms with Gasteiger partial charge >= 0.3 is 0 Å². The molecule has 0 aromatic heterocycles. The summed E-state index contributed by atoms with van der Waals surface area (Å²) in [6.07, 6.45) is 7.00. The predicted octanol–water partition coefficient (Wildman–Crippen LogP) is 1.83. The van der Waals surface area contributed by atoms with E-state index in [9.17, 15) is 4.79 Å². The molecule has 0 N–H and O–H groups in total. The van der Waals surface area contributed by atoms with Gasteiger partial charge in [0.15, 0.2) is 6.29 Å². The van der Waals surface area contributed by atoms with Gasteiger partial charge in [0.05, 0.1) is 12.3 Å². The Bertz CT molecular complexity index is 146. The minimum absolute atomic E-state index is 0.427. The SMILES string of the molecule is CC1CCC(N=CC=O)CC1. The summed E-state index contributed by atoms with van der Waals surface area (Å²) >= 11 is 0. The third kappa shape index (κ3) is 2.83. The number of hydrogen-bond acceptors (Lipinski definition) is 2. The van der Waals surface area contributed by atoms with Crippen LogP contribution in [0.1, 0.15) is 32.6 Å². The molecule has 0 unspecified atom stereocenters. The highest BCUT2D eigenvalue weighted by Gasteiger charge is 2.16. The van der Waals surface area contributed by atoms with Crippen LogP contribution in [0.4, 0.5) is 0 Å². The van der Waals surface area contributed by atoms with Gasteiger partial charge in [-0.15, -0.1) is 0 Å². The van der Waals surface area contributed by atoms with Crippen molar-refractivity contribution in [3.8, 4) is 0 Å². The van der Waals surface area contributed by atoms with Crippen LogP contribution >= 0.6 is 0 Å². The standard InChI is InChI=1S/C9H15NO/c1-8-2-4-9(5-3-8)10-6-7-11/h6-9H,2-5H2,1H3. The zero-order valence-corrected chi connectivity index (χ0v) is 6.99. The molecule has 0 amide bonds. The Morgan fingerprint density at radius 2 is 1.91 bits per heavy atom.